The lowest BCUT2D eigenvalue weighted by Crippen LogP contribution is -2.31. The Balaban J connectivity index is 1.60. The van der Waals surface area contributed by atoms with Gasteiger partial charge in [0.05, 0.1) is 0 Å². The minimum absolute atomic E-state index is 0.206. The molecule has 1 amide bonds. The fourth-order valence-electron chi connectivity index (χ4n) is 3.01. The summed E-state index contributed by atoms with van der Waals surface area (Å²) in [6.45, 7) is 2.45. The number of hydrogen-bond donors (Lipinski definition) is 1. The lowest BCUT2D eigenvalue weighted by molar-refractivity contribution is -0.131. The number of benzene rings is 1. The molecule has 0 bridgehead atoms. The lowest BCUT2D eigenvalue weighted by atomic mass is 10.1. The second-order valence-electron chi connectivity index (χ2n) is 5.67. The molecule has 0 radical (unpaired) electrons. The van der Waals surface area contributed by atoms with Crippen LogP contribution in [0.4, 0.5) is 0 Å². The van der Waals surface area contributed by atoms with E-state index >= 15 is 0 Å². The molecule has 1 aromatic carbocycles. The van der Waals surface area contributed by atoms with Crippen LogP contribution in [0.5, 0.6) is 0 Å². The maximum atomic E-state index is 12.4. The van der Waals surface area contributed by atoms with Crippen molar-refractivity contribution in [2.75, 3.05) is 19.6 Å². The van der Waals surface area contributed by atoms with Gasteiger partial charge in [-0.2, -0.15) is 0 Å². The number of nitrogens with zero attached hydrogens (tertiary/aromatic N) is 1. The predicted octanol–water partition coefficient (Wildman–Crippen LogP) is 2.36. The number of nitrogens with two attached hydrogens (primary N) is 1. The van der Waals surface area contributed by atoms with Crippen molar-refractivity contribution >= 4 is 21.8 Å². The van der Waals surface area contributed by atoms with Crippen LogP contribution in [-0.4, -0.2) is 30.4 Å². The normalized spacial score (nSPS) is 29.6. The molecule has 0 unspecified atom stereocenters. The van der Waals surface area contributed by atoms with Crippen molar-refractivity contribution in [1.82, 2.24) is 4.90 Å². The van der Waals surface area contributed by atoms with Gasteiger partial charge < -0.3 is 10.6 Å². The van der Waals surface area contributed by atoms with Crippen LogP contribution in [0.25, 0.3) is 0 Å². The molecule has 1 aromatic rings. The van der Waals surface area contributed by atoms with E-state index in [4.69, 9.17) is 5.73 Å². The molecule has 4 heteroatoms. The van der Waals surface area contributed by atoms with Crippen LogP contribution >= 0.6 is 15.9 Å². The fraction of sp³-hybridized carbons (Fsp3) is 0.533. The summed E-state index contributed by atoms with van der Waals surface area (Å²) in [5.74, 6) is 1.48. The number of amides is 1. The van der Waals surface area contributed by atoms with E-state index in [1.165, 1.54) is 5.56 Å². The van der Waals surface area contributed by atoms with Gasteiger partial charge in [0.2, 0.25) is 5.91 Å². The number of hydrogen-bond acceptors (Lipinski definition) is 2. The van der Waals surface area contributed by atoms with Crippen molar-refractivity contribution in [2.45, 2.75) is 18.8 Å². The Bertz CT molecular complexity index is 474. The molecular weight excluding hydrogens is 304 g/mol. The lowest BCUT2D eigenvalue weighted by Gasteiger charge is -2.16. The summed E-state index contributed by atoms with van der Waals surface area (Å²) >= 11 is 3.44. The predicted molar refractivity (Wildman–Crippen MR) is 78.7 cm³/mol. The van der Waals surface area contributed by atoms with Crippen LogP contribution in [0.15, 0.2) is 28.7 Å². The largest absolute Gasteiger partial charge is 0.342 e. The minimum atomic E-state index is 0.206. The monoisotopic (exact) mass is 322 g/mol. The summed E-state index contributed by atoms with van der Waals surface area (Å²) < 4.78 is 1.09. The maximum Gasteiger partial charge on any atom is 0.226 e. The smallest absolute Gasteiger partial charge is 0.226 e. The van der Waals surface area contributed by atoms with Crippen LogP contribution in [0.3, 0.4) is 0 Å². The third-order valence-electron chi connectivity index (χ3n) is 4.34. The van der Waals surface area contributed by atoms with Gasteiger partial charge in [-0.1, -0.05) is 28.1 Å². The minimum Gasteiger partial charge on any atom is -0.342 e. The summed E-state index contributed by atoms with van der Waals surface area (Å²) in [5.41, 5.74) is 6.97. The van der Waals surface area contributed by atoms with Gasteiger partial charge in [0.25, 0.3) is 0 Å². The molecule has 0 spiro atoms. The maximum absolute atomic E-state index is 12.4. The molecule has 102 valence electrons. The van der Waals surface area contributed by atoms with Crippen LogP contribution in [-0.2, 0) is 4.79 Å². The average molecular weight is 323 g/mol. The van der Waals surface area contributed by atoms with Gasteiger partial charge in [0.15, 0.2) is 0 Å². The Hall–Kier alpha value is -0.870. The van der Waals surface area contributed by atoms with Gasteiger partial charge in [-0.3, -0.25) is 4.79 Å². The molecule has 3 nitrogen and oxygen atoms in total. The number of likely N-dealkylation sites (tertiary alicyclic amines) is 1. The van der Waals surface area contributed by atoms with Crippen molar-refractivity contribution < 1.29 is 4.79 Å². The van der Waals surface area contributed by atoms with E-state index in [9.17, 15) is 4.79 Å². The van der Waals surface area contributed by atoms with E-state index in [0.717, 1.165) is 30.4 Å². The second-order valence-corrected chi connectivity index (χ2v) is 6.59. The highest BCUT2D eigenvalue weighted by molar-refractivity contribution is 9.10. The molecule has 3 atom stereocenters. The quantitative estimate of drug-likeness (QED) is 0.928. The zero-order valence-corrected chi connectivity index (χ0v) is 12.5. The zero-order valence-electron chi connectivity index (χ0n) is 10.9. The topological polar surface area (TPSA) is 46.3 Å². The molecule has 1 heterocycles. The molecule has 1 aliphatic carbocycles. The molecule has 2 aliphatic rings. The number of rotatable bonds is 3. The van der Waals surface area contributed by atoms with Gasteiger partial charge in [-0.05, 0) is 48.9 Å². The van der Waals surface area contributed by atoms with Gasteiger partial charge in [0, 0.05) is 23.5 Å². The SMILES string of the molecule is NC[C@@H]1CCN(C(=O)[C@@H]2C[C@@H]2c2ccc(Br)cc2)C1. The van der Waals surface area contributed by atoms with E-state index in [1.54, 1.807) is 0 Å². The first-order chi connectivity index (χ1) is 9.19. The highest BCUT2D eigenvalue weighted by atomic mass is 79.9. The Morgan fingerprint density at radius 2 is 2.11 bits per heavy atom. The Morgan fingerprint density at radius 3 is 2.74 bits per heavy atom. The zero-order chi connectivity index (χ0) is 13.4. The van der Waals surface area contributed by atoms with E-state index in [1.807, 2.05) is 4.90 Å². The summed E-state index contributed by atoms with van der Waals surface area (Å²) in [5, 5.41) is 0. The van der Waals surface area contributed by atoms with Crippen molar-refractivity contribution in [2.24, 2.45) is 17.6 Å². The second kappa shape index (κ2) is 5.25. The van der Waals surface area contributed by atoms with Gasteiger partial charge in [-0.15, -0.1) is 0 Å². The molecular formula is C15H19BrN2O. The Morgan fingerprint density at radius 1 is 1.37 bits per heavy atom. The molecule has 2 fully saturated rings. The van der Waals surface area contributed by atoms with Crippen LogP contribution in [0.1, 0.15) is 24.3 Å². The van der Waals surface area contributed by atoms with E-state index in [-0.39, 0.29) is 5.92 Å². The van der Waals surface area contributed by atoms with E-state index in [0.29, 0.717) is 24.3 Å². The summed E-state index contributed by atoms with van der Waals surface area (Å²) in [6.07, 6.45) is 2.07. The fourth-order valence-corrected chi connectivity index (χ4v) is 3.27. The highest BCUT2D eigenvalue weighted by Crippen LogP contribution is 2.49. The first-order valence-electron chi connectivity index (χ1n) is 6.93. The van der Waals surface area contributed by atoms with Crippen LogP contribution in [0.2, 0.25) is 0 Å². The molecule has 1 aliphatic heterocycles. The molecule has 19 heavy (non-hydrogen) atoms. The average Bonchev–Trinajstić information content (AvgIpc) is 3.07. The van der Waals surface area contributed by atoms with Gasteiger partial charge in [0.1, 0.15) is 0 Å². The number of halogens is 1. The first-order valence-corrected chi connectivity index (χ1v) is 7.72. The van der Waals surface area contributed by atoms with Gasteiger partial charge >= 0.3 is 0 Å². The molecule has 0 aromatic heterocycles. The van der Waals surface area contributed by atoms with E-state index < -0.39 is 0 Å². The molecule has 1 saturated heterocycles. The number of carbonyl (C=O) groups excluding carboxylic acids is 1. The molecule has 1 saturated carbocycles. The highest BCUT2D eigenvalue weighted by Gasteiger charge is 2.46. The molecule has 3 rings (SSSR count). The first kappa shape index (κ1) is 13.1. The van der Waals surface area contributed by atoms with Crippen molar-refractivity contribution in [3.63, 3.8) is 0 Å². The van der Waals surface area contributed by atoms with Gasteiger partial charge in [-0.25, -0.2) is 0 Å². The van der Waals surface area contributed by atoms with E-state index in [2.05, 4.69) is 40.2 Å². The van der Waals surface area contributed by atoms with Crippen LogP contribution < -0.4 is 5.73 Å². The third-order valence-corrected chi connectivity index (χ3v) is 4.87. The van der Waals surface area contributed by atoms with Crippen molar-refractivity contribution in [3.05, 3.63) is 34.3 Å². The number of carbonyl (C=O) groups is 1. The third kappa shape index (κ3) is 2.70. The Kier molecular flexibility index (Phi) is 3.63. The summed E-state index contributed by atoms with van der Waals surface area (Å²) in [6, 6.07) is 8.34. The van der Waals surface area contributed by atoms with Crippen molar-refractivity contribution in [3.8, 4) is 0 Å². The summed E-state index contributed by atoms with van der Waals surface area (Å²) in [4.78, 5) is 14.4. The molecule has 2 N–H and O–H groups in total. The van der Waals surface area contributed by atoms with Crippen LogP contribution in [0, 0.1) is 11.8 Å². The Labute approximate surface area is 122 Å². The van der Waals surface area contributed by atoms with Crippen molar-refractivity contribution in [1.29, 1.82) is 0 Å². The summed E-state index contributed by atoms with van der Waals surface area (Å²) in [7, 11) is 0. The standard InChI is InChI=1S/C15H19BrN2O/c16-12-3-1-11(2-4-12)13-7-14(13)15(19)18-6-5-10(8-17)9-18/h1-4,10,13-14H,5-9,17H2/t10-,13+,14+/m0/s1.